The van der Waals surface area contributed by atoms with Gasteiger partial charge < -0.3 is 9.47 Å². The van der Waals surface area contributed by atoms with Gasteiger partial charge in [0, 0.05) is 26.0 Å². The summed E-state index contributed by atoms with van der Waals surface area (Å²) in [5.74, 6) is -0.935. The van der Waals surface area contributed by atoms with E-state index >= 15 is 0 Å². The lowest BCUT2D eigenvalue weighted by Gasteiger charge is -2.31. The van der Waals surface area contributed by atoms with Crippen LogP contribution in [0.2, 0.25) is 0 Å². The van der Waals surface area contributed by atoms with Gasteiger partial charge in [-0.15, -0.1) is 0 Å². The van der Waals surface area contributed by atoms with Gasteiger partial charge in [-0.25, -0.2) is 8.42 Å². The van der Waals surface area contributed by atoms with Gasteiger partial charge in [0.1, 0.15) is 13.2 Å². The molecule has 0 radical (unpaired) electrons. The van der Waals surface area contributed by atoms with Crippen molar-refractivity contribution in [3.8, 4) is 0 Å². The minimum absolute atomic E-state index is 0.0330. The quantitative estimate of drug-likeness (QED) is 0.533. The SMILES string of the molecule is CC(=O)OCC1=C(COC(C)=O)[C@@H]2C[C@H]1C=CN2S(=O)(=O)c1ccc(C)cc1. The summed E-state index contributed by atoms with van der Waals surface area (Å²) in [4.78, 5) is 22.8. The second kappa shape index (κ2) is 7.79. The fraction of sp³-hybridized carbons (Fsp3) is 0.400. The number of benzene rings is 1. The lowest BCUT2D eigenvalue weighted by Crippen LogP contribution is -2.39. The summed E-state index contributed by atoms with van der Waals surface area (Å²) in [6.07, 6.45) is 3.87. The smallest absolute Gasteiger partial charge is 0.302 e. The number of hydrogen-bond acceptors (Lipinski definition) is 6. The molecule has 28 heavy (non-hydrogen) atoms. The molecule has 2 bridgehead atoms. The Balaban J connectivity index is 1.96. The van der Waals surface area contributed by atoms with Crippen LogP contribution in [0.5, 0.6) is 0 Å². The summed E-state index contributed by atoms with van der Waals surface area (Å²) in [6, 6.07) is 6.18. The van der Waals surface area contributed by atoms with Crippen LogP contribution in [0.4, 0.5) is 0 Å². The standard InChI is InChI=1S/C20H23NO6S/c1-13-4-6-17(7-5-13)28(24,25)21-9-8-16-10-20(21)19(12-27-15(3)23)18(16)11-26-14(2)22/h4-9,16,20H,10-12H2,1-3H3/t16-,20+/m1/s1. The summed E-state index contributed by atoms with van der Waals surface area (Å²) in [5.41, 5.74) is 2.43. The molecule has 0 saturated carbocycles. The minimum Gasteiger partial charge on any atom is -0.461 e. The molecule has 1 aliphatic heterocycles. The van der Waals surface area contributed by atoms with E-state index in [0.29, 0.717) is 12.0 Å². The molecular formula is C20H23NO6S. The third-order valence-corrected chi connectivity index (χ3v) is 6.77. The lowest BCUT2D eigenvalue weighted by molar-refractivity contribution is -0.141. The Hall–Kier alpha value is -2.61. The van der Waals surface area contributed by atoms with Crippen molar-refractivity contribution in [1.82, 2.24) is 4.31 Å². The van der Waals surface area contributed by atoms with Crippen molar-refractivity contribution in [2.24, 2.45) is 5.92 Å². The van der Waals surface area contributed by atoms with Crippen LogP contribution < -0.4 is 0 Å². The molecule has 1 aromatic carbocycles. The maximum absolute atomic E-state index is 13.2. The van der Waals surface area contributed by atoms with Crippen LogP contribution in [0.1, 0.15) is 25.8 Å². The summed E-state index contributed by atoms with van der Waals surface area (Å²) in [5, 5.41) is 0. The van der Waals surface area contributed by atoms with E-state index in [-0.39, 0.29) is 24.0 Å². The average Bonchev–Trinajstić information content (AvgIpc) is 2.89. The van der Waals surface area contributed by atoms with E-state index in [1.807, 2.05) is 6.92 Å². The lowest BCUT2D eigenvalue weighted by atomic mass is 10.00. The summed E-state index contributed by atoms with van der Waals surface area (Å²) >= 11 is 0. The van der Waals surface area contributed by atoms with Crippen LogP contribution in [-0.4, -0.2) is 43.9 Å². The molecular weight excluding hydrogens is 382 g/mol. The first-order valence-corrected chi connectivity index (χ1v) is 10.4. The van der Waals surface area contributed by atoms with Crippen molar-refractivity contribution in [2.45, 2.75) is 38.1 Å². The van der Waals surface area contributed by atoms with Crippen molar-refractivity contribution in [3.05, 3.63) is 53.3 Å². The number of sulfonamides is 1. The number of hydrogen-bond donors (Lipinski definition) is 0. The minimum atomic E-state index is -3.78. The van der Waals surface area contributed by atoms with Crippen LogP contribution in [0.3, 0.4) is 0 Å². The Morgan fingerprint density at radius 2 is 1.61 bits per heavy atom. The molecule has 0 saturated heterocycles. The van der Waals surface area contributed by atoms with Crippen molar-refractivity contribution in [1.29, 1.82) is 0 Å². The summed E-state index contributed by atoms with van der Waals surface area (Å²) in [6.45, 7) is 4.52. The zero-order chi connectivity index (χ0) is 20.5. The number of rotatable bonds is 6. The number of allylic oxidation sites excluding steroid dienone is 1. The highest BCUT2D eigenvalue weighted by atomic mass is 32.2. The second-order valence-corrected chi connectivity index (χ2v) is 8.80. The summed E-state index contributed by atoms with van der Waals surface area (Å²) < 4.78 is 38.0. The van der Waals surface area contributed by atoms with Crippen LogP contribution >= 0.6 is 0 Å². The Kier molecular flexibility index (Phi) is 5.60. The van der Waals surface area contributed by atoms with E-state index in [2.05, 4.69) is 0 Å². The van der Waals surface area contributed by atoms with E-state index < -0.39 is 28.0 Å². The molecule has 0 spiro atoms. The first-order valence-electron chi connectivity index (χ1n) is 8.97. The van der Waals surface area contributed by atoms with Crippen molar-refractivity contribution in [2.75, 3.05) is 13.2 Å². The number of aryl methyl sites for hydroxylation is 1. The van der Waals surface area contributed by atoms with Crippen LogP contribution in [0.25, 0.3) is 0 Å². The average molecular weight is 405 g/mol. The molecule has 0 amide bonds. The molecule has 0 N–H and O–H groups in total. The maximum atomic E-state index is 13.2. The highest BCUT2D eigenvalue weighted by Gasteiger charge is 2.43. The van der Waals surface area contributed by atoms with E-state index in [9.17, 15) is 18.0 Å². The van der Waals surface area contributed by atoms with Gasteiger partial charge in [-0.1, -0.05) is 23.8 Å². The van der Waals surface area contributed by atoms with E-state index in [1.165, 1.54) is 18.2 Å². The largest absolute Gasteiger partial charge is 0.461 e. The topological polar surface area (TPSA) is 90.0 Å². The van der Waals surface area contributed by atoms with Crippen LogP contribution in [0, 0.1) is 12.8 Å². The van der Waals surface area contributed by atoms with E-state index in [1.54, 1.807) is 36.5 Å². The first-order chi connectivity index (χ1) is 13.2. The Morgan fingerprint density at radius 1 is 1.04 bits per heavy atom. The zero-order valence-corrected chi connectivity index (χ0v) is 16.9. The molecule has 0 aromatic heterocycles. The van der Waals surface area contributed by atoms with Gasteiger partial charge in [0.2, 0.25) is 0 Å². The molecule has 1 heterocycles. The predicted molar refractivity (Wildman–Crippen MR) is 102 cm³/mol. The Labute approximate surface area is 164 Å². The second-order valence-electron chi connectivity index (χ2n) is 6.96. The van der Waals surface area contributed by atoms with Crippen LogP contribution in [-0.2, 0) is 29.1 Å². The number of fused-ring (bicyclic) bond motifs is 2. The maximum Gasteiger partial charge on any atom is 0.302 e. The molecule has 0 fully saturated rings. The van der Waals surface area contributed by atoms with Crippen molar-refractivity contribution < 1.29 is 27.5 Å². The number of esters is 2. The predicted octanol–water partition coefficient (Wildman–Crippen LogP) is 2.32. The first kappa shape index (κ1) is 20.1. The Morgan fingerprint density at radius 3 is 2.18 bits per heavy atom. The molecule has 150 valence electrons. The van der Waals surface area contributed by atoms with Gasteiger partial charge in [-0.3, -0.25) is 13.9 Å². The van der Waals surface area contributed by atoms with E-state index in [0.717, 1.165) is 11.1 Å². The number of nitrogens with zero attached hydrogens (tertiary/aromatic N) is 1. The molecule has 2 aliphatic rings. The van der Waals surface area contributed by atoms with Crippen molar-refractivity contribution in [3.63, 3.8) is 0 Å². The van der Waals surface area contributed by atoms with Gasteiger partial charge in [-0.2, -0.15) is 0 Å². The van der Waals surface area contributed by atoms with Gasteiger partial charge in [0.15, 0.2) is 0 Å². The molecule has 2 atom stereocenters. The molecule has 0 unspecified atom stereocenters. The Bertz CT molecular complexity index is 945. The monoisotopic (exact) mass is 405 g/mol. The fourth-order valence-electron chi connectivity index (χ4n) is 3.55. The highest BCUT2D eigenvalue weighted by molar-refractivity contribution is 7.89. The molecule has 3 rings (SSSR count). The van der Waals surface area contributed by atoms with Gasteiger partial charge >= 0.3 is 11.9 Å². The summed E-state index contributed by atoms with van der Waals surface area (Å²) in [7, 11) is -3.78. The third kappa shape index (κ3) is 3.96. The zero-order valence-electron chi connectivity index (χ0n) is 16.0. The highest BCUT2D eigenvalue weighted by Crippen LogP contribution is 2.42. The van der Waals surface area contributed by atoms with Gasteiger partial charge in [0.05, 0.1) is 10.9 Å². The number of carbonyl (C=O) groups excluding carboxylic acids is 2. The number of ether oxygens (including phenoxy) is 2. The molecule has 1 aliphatic carbocycles. The third-order valence-electron chi connectivity index (χ3n) is 4.97. The number of carbonyl (C=O) groups is 2. The van der Waals surface area contributed by atoms with Crippen LogP contribution in [0.15, 0.2) is 52.6 Å². The van der Waals surface area contributed by atoms with E-state index in [4.69, 9.17) is 9.47 Å². The van der Waals surface area contributed by atoms with Gasteiger partial charge in [-0.05, 0) is 36.6 Å². The molecule has 8 heteroatoms. The molecule has 7 nitrogen and oxygen atoms in total. The van der Waals surface area contributed by atoms with Gasteiger partial charge in [0.25, 0.3) is 10.0 Å². The molecule has 1 aromatic rings. The normalized spacial score (nSPS) is 21.0. The fourth-order valence-corrected chi connectivity index (χ4v) is 5.05. The van der Waals surface area contributed by atoms with Crippen molar-refractivity contribution >= 4 is 22.0 Å².